The van der Waals surface area contributed by atoms with Gasteiger partial charge in [-0.2, -0.15) is 10.1 Å². The van der Waals surface area contributed by atoms with Gasteiger partial charge in [-0.05, 0) is 32.9 Å². The molecule has 3 heterocycles. The third-order valence-electron chi connectivity index (χ3n) is 5.89. The molecule has 1 aliphatic heterocycles. The van der Waals surface area contributed by atoms with Gasteiger partial charge in [-0.3, -0.25) is 23.7 Å². The Morgan fingerprint density at radius 2 is 2.03 bits per heavy atom. The van der Waals surface area contributed by atoms with Crippen molar-refractivity contribution in [2.45, 2.75) is 51.4 Å². The summed E-state index contributed by atoms with van der Waals surface area (Å²) in [6.07, 6.45) is -2.54. The molecule has 15 nitrogen and oxygen atoms in total. The van der Waals surface area contributed by atoms with Crippen LogP contribution in [0.25, 0.3) is 11.2 Å². The van der Waals surface area contributed by atoms with Crippen molar-refractivity contribution >= 4 is 30.8 Å². The molecule has 4 rings (SSSR count). The predicted octanol–water partition coefficient (Wildman–Crippen LogP) is 0.702. The Hall–Kier alpha value is -3.33. The van der Waals surface area contributed by atoms with E-state index < -0.39 is 69.0 Å². The fourth-order valence-electron chi connectivity index (χ4n) is 4.05. The van der Waals surface area contributed by atoms with Crippen LogP contribution in [-0.2, 0) is 23.4 Å². The number of ether oxygens (including phenoxy) is 2. The van der Waals surface area contributed by atoms with Crippen molar-refractivity contribution in [3.63, 3.8) is 0 Å². The van der Waals surface area contributed by atoms with Crippen LogP contribution >= 0.6 is 7.75 Å². The fraction of sp³-hybridized carbons (Fsp3) is 0.478. The fourth-order valence-corrected chi connectivity index (χ4v) is 5.55. The van der Waals surface area contributed by atoms with Gasteiger partial charge in [0.05, 0.1) is 31.7 Å². The van der Waals surface area contributed by atoms with Gasteiger partial charge in [0.2, 0.25) is 5.95 Å². The normalized spacial score (nSPS) is 23.5. The summed E-state index contributed by atoms with van der Waals surface area (Å²) < 4.78 is 37.5. The zero-order valence-electron chi connectivity index (χ0n) is 21.5. The van der Waals surface area contributed by atoms with Crippen LogP contribution < -0.4 is 20.9 Å². The summed E-state index contributed by atoms with van der Waals surface area (Å²) in [7, 11) is -4.22. The highest BCUT2D eigenvalue weighted by Gasteiger charge is 2.46. The molecule has 212 valence electrons. The molecule has 39 heavy (non-hydrogen) atoms. The first-order valence-electron chi connectivity index (χ1n) is 12.2. The third kappa shape index (κ3) is 6.46. The number of nitrogen functional groups attached to an aromatic ring is 1. The number of aromatic nitrogens is 4. The second kappa shape index (κ2) is 11.8. The number of hydrogen-bond acceptors (Lipinski definition) is 12. The Morgan fingerprint density at radius 1 is 1.31 bits per heavy atom. The molecule has 0 unspecified atom stereocenters. The molecule has 16 heteroatoms. The van der Waals surface area contributed by atoms with E-state index in [1.165, 1.54) is 17.8 Å². The number of benzene rings is 1. The van der Waals surface area contributed by atoms with Crippen molar-refractivity contribution in [2.24, 2.45) is 5.92 Å². The van der Waals surface area contributed by atoms with Gasteiger partial charge in [0, 0.05) is 5.92 Å². The largest absolute Gasteiger partial charge is 0.462 e. The first-order valence-corrected chi connectivity index (χ1v) is 13.7. The third-order valence-corrected chi connectivity index (χ3v) is 7.54. The number of rotatable bonds is 11. The molecule has 0 spiro atoms. The van der Waals surface area contributed by atoms with Crippen LogP contribution in [0.15, 0.2) is 41.5 Å². The highest BCUT2D eigenvalue weighted by molar-refractivity contribution is 7.52. The van der Waals surface area contributed by atoms with E-state index in [1.54, 1.807) is 44.2 Å². The molecule has 0 bridgehead atoms. The summed E-state index contributed by atoms with van der Waals surface area (Å²) in [5.41, 5.74) is 5.13. The summed E-state index contributed by atoms with van der Waals surface area (Å²) in [6, 6.07) is 7.12. The Labute approximate surface area is 222 Å². The maximum absolute atomic E-state index is 13.8. The van der Waals surface area contributed by atoms with Gasteiger partial charge in [-0.1, -0.05) is 18.2 Å². The molecule has 1 aliphatic rings. The van der Waals surface area contributed by atoms with E-state index in [9.17, 15) is 24.4 Å². The number of nitrogens with zero attached hydrogens (tertiary/aromatic N) is 3. The van der Waals surface area contributed by atoms with Crippen LogP contribution in [0.3, 0.4) is 0 Å². The summed E-state index contributed by atoms with van der Waals surface area (Å²) in [4.78, 5) is 34.9. The molecule has 0 aliphatic carbocycles. The zero-order valence-corrected chi connectivity index (χ0v) is 22.4. The summed E-state index contributed by atoms with van der Waals surface area (Å²) in [6.45, 7) is 3.88. The second-order valence-corrected chi connectivity index (χ2v) is 10.9. The van der Waals surface area contributed by atoms with E-state index in [0.29, 0.717) is 0 Å². The van der Waals surface area contributed by atoms with Crippen molar-refractivity contribution in [1.82, 2.24) is 24.6 Å². The van der Waals surface area contributed by atoms with Crippen molar-refractivity contribution in [3.8, 4) is 5.75 Å². The number of imidazole rings is 1. The van der Waals surface area contributed by atoms with Crippen molar-refractivity contribution in [3.05, 3.63) is 47.0 Å². The van der Waals surface area contributed by atoms with Crippen LogP contribution in [0.5, 0.6) is 5.75 Å². The number of aliphatic hydroxyl groups is 2. The summed E-state index contributed by atoms with van der Waals surface area (Å²) in [5.74, 6) is -1.50. The molecular weight excluding hydrogens is 535 g/mol. The van der Waals surface area contributed by atoms with Crippen molar-refractivity contribution < 1.29 is 38.1 Å². The monoisotopic (exact) mass is 566 g/mol. The van der Waals surface area contributed by atoms with Crippen molar-refractivity contribution in [2.75, 3.05) is 18.9 Å². The lowest BCUT2D eigenvalue weighted by Gasteiger charge is -2.25. The highest BCUT2D eigenvalue weighted by atomic mass is 31.2. The highest BCUT2D eigenvalue weighted by Crippen LogP contribution is 2.46. The van der Waals surface area contributed by atoms with Crippen LogP contribution in [0.1, 0.15) is 27.0 Å². The van der Waals surface area contributed by atoms with E-state index in [0.717, 1.165) is 0 Å². The molecule has 1 aromatic carbocycles. The summed E-state index contributed by atoms with van der Waals surface area (Å²) >= 11 is 0. The molecular formula is C23H31N6O9P. The minimum Gasteiger partial charge on any atom is -0.462 e. The van der Waals surface area contributed by atoms with Gasteiger partial charge in [-0.25, -0.2) is 9.55 Å². The van der Waals surface area contributed by atoms with Gasteiger partial charge in [0.15, 0.2) is 17.4 Å². The minimum atomic E-state index is -4.22. The number of fused-ring (bicyclic) bond motifs is 1. The molecule has 1 saturated heterocycles. The van der Waals surface area contributed by atoms with Crippen LogP contribution in [0.4, 0.5) is 5.95 Å². The lowest BCUT2D eigenvalue weighted by Crippen LogP contribution is -2.37. The molecule has 1 fully saturated rings. The average Bonchev–Trinajstić information content (AvgIpc) is 3.43. The first kappa shape index (κ1) is 28.7. The maximum atomic E-state index is 13.8. The lowest BCUT2D eigenvalue weighted by molar-refractivity contribution is -0.149. The maximum Gasteiger partial charge on any atom is 0.459 e. The van der Waals surface area contributed by atoms with Gasteiger partial charge in [0.1, 0.15) is 17.9 Å². The first-order chi connectivity index (χ1) is 18.5. The number of nitrogens with one attached hydrogen (secondary N) is 2. The second-order valence-electron chi connectivity index (χ2n) is 9.21. The number of nitrogens with two attached hydrogens (primary N) is 1. The quantitative estimate of drug-likeness (QED) is 0.160. The van der Waals surface area contributed by atoms with Gasteiger partial charge >= 0.3 is 13.7 Å². The molecule has 6 atom stereocenters. The number of H-pyrrole nitrogens is 1. The number of hydrogen-bond donors (Lipinski definition) is 5. The number of carbonyl (C=O) groups excluding carboxylic acids is 1. The van der Waals surface area contributed by atoms with Crippen LogP contribution in [-0.4, -0.2) is 73.3 Å². The Bertz CT molecular complexity index is 1400. The van der Waals surface area contributed by atoms with Gasteiger partial charge < -0.3 is 29.9 Å². The zero-order chi connectivity index (χ0) is 28.3. The Kier molecular flexibility index (Phi) is 8.69. The van der Waals surface area contributed by atoms with E-state index >= 15 is 0 Å². The van der Waals surface area contributed by atoms with E-state index in [1.807, 2.05) is 0 Å². The van der Waals surface area contributed by atoms with E-state index in [-0.39, 0.29) is 22.9 Å². The molecule has 0 amide bonds. The van der Waals surface area contributed by atoms with Crippen LogP contribution in [0.2, 0.25) is 0 Å². The molecule has 0 saturated carbocycles. The predicted molar refractivity (Wildman–Crippen MR) is 138 cm³/mol. The molecule has 3 aromatic rings. The van der Waals surface area contributed by atoms with Gasteiger partial charge in [0.25, 0.3) is 5.56 Å². The average molecular weight is 567 g/mol. The number of aliphatic hydroxyl groups excluding tert-OH is 2. The van der Waals surface area contributed by atoms with E-state index in [2.05, 4.69) is 20.0 Å². The number of aromatic amines is 1. The lowest BCUT2D eigenvalue weighted by atomic mass is 9.99. The number of para-hydroxylation sites is 1. The molecule has 6 N–H and O–H groups in total. The van der Waals surface area contributed by atoms with Crippen molar-refractivity contribution in [1.29, 1.82) is 0 Å². The summed E-state index contributed by atoms with van der Waals surface area (Å²) in [5, 5.41) is 23.5. The van der Waals surface area contributed by atoms with Crippen LogP contribution in [0, 0.1) is 5.92 Å². The Morgan fingerprint density at radius 3 is 2.69 bits per heavy atom. The topological polar surface area (TPSA) is 213 Å². The molecule has 2 aromatic heterocycles. The SMILES string of the molecule is CC(C)OC(=O)[C@@H](C)N[P@](=O)(OC[C@H]1O[C@@H](n2cnc3c(=O)[nH]c(N)nc32)[C@H](O)[C@@H]1CO)Oc1ccccc1. The smallest absolute Gasteiger partial charge is 0.459 e. The number of anilines is 1. The van der Waals surface area contributed by atoms with E-state index in [4.69, 9.17) is 24.3 Å². The minimum absolute atomic E-state index is 0.0209. The molecule has 0 radical (unpaired) electrons. The Balaban J connectivity index is 1.55. The number of carbonyl (C=O) groups is 1. The van der Waals surface area contributed by atoms with Gasteiger partial charge in [-0.15, -0.1) is 0 Å². The number of esters is 1. The standard InChI is InChI=1S/C23H31N6O9P/c1-12(2)36-22(33)13(3)28-39(34,38-14-7-5-4-6-8-14)35-10-16-15(9-30)18(31)21(37-16)29-11-25-17-19(29)26-23(24)27-20(17)32/h4-8,11-13,15-16,18,21,30-31H,9-10H2,1-3H3,(H,28,34)(H3,24,26,27,32)/t13-,15-,16-,18-,21-,39+/m1/s1.